The van der Waals surface area contributed by atoms with Crippen LogP contribution >= 0.6 is 0 Å². The largest absolute Gasteiger partial charge is 0.481 e. The van der Waals surface area contributed by atoms with Crippen molar-refractivity contribution in [1.82, 2.24) is 9.97 Å². The molecule has 1 aliphatic rings. The van der Waals surface area contributed by atoms with Gasteiger partial charge in [-0.1, -0.05) is 0 Å². The first-order valence-electron chi connectivity index (χ1n) is 6.04. The molecule has 1 fully saturated rings. The number of carbonyl (C=O) groups excluding carboxylic acids is 1. The summed E-state index contributed by atoms with van der Waals surface area (Å²) in [5.41, 5.74) is 2.34. The minimum Gasteiger partial charge on any atom is -0.481 e. The Bertz CT molecular complexity index is 677. The molecular weight excluding hydrogens is 246 g/mol. The molecule has 1 aliphatic carbocycles. The van der Waals surface area contributed by atoms with Crippen molar-refractivity contribution in [1.29, 1.82) is 0 Å². The molecule has 0 spiro atoms. The number of aromatic amines is 1. The molecule has 0 bridgehead atoms. The van der Waals surface area contributed by atoms with Gasteiger partial charge in [0.1, 0.15) is 5.82 Å². The molecule has 0 radical (unpaired) electrons. The van der Waals surface area contributed by atoms with E-state index in [1.165, 1.54) is 0 Å². The molecule has 0 unspecified atom stereocenters. The zero-order chi connectivity index (χ0) is 13.6. The highest BCUT2D eigenvalue weighted by Crippen LogP contribution is 2.39. The molecule has 1 saturated carbocycles. The predicted molar refractivity (Wildman–Crippen MR) is 68.7 cm³/mol. The molecule has 0 aliphatic heterocycles. The molecule has 19 heavy (non-hydrogen) atoms. The number of carbonyl (C=O) groups is 2. The first kappa shape index (κ1) is 11.7. The van der Waals surface area contributed by atoms with Gasteiger partial charge in [-0.3, -0.25) is 9.59 Å². The highest BCUT2D eigenvalue weighted by atomic mass is 16.4. The van der Waals surface area contributed by atoms with Crippen LogP contribution in [0.15, 0.2) is 18.2 Å². The van der Waals surface area contributed by atoms with Crippen LogP contribution in [-0.2, 0) is 9.59 Å². The summed E-state index contributed by atoms with van der Waals surface area (Å²) < 4.78 is 0. The van der Waals surface area contributed by atoms with Crippen molar-refractivity contribution in [3.05, 3.63) is 24.0 Å². The fraction of sp³-hybridized carbons (Fsp3) is 0.308. The lowest BCUT2D eigenvalue weighted by Crippen LogP contribution is -2.16. The van der Waals surface area contributed by atoms with Crippen molar-refractivity contribution in [2.45, 2.75) is 13.3 Å². The molecule has 3 rings (SSSR count). The summed E-state index contributed by atoms with van der Waals surface area (Å²) >= 11 is 0. The molecule has 1 aromatic carbocycles. The number of fused-ring (bicyclic) bond motifs is 1. The molecule has 1 amide bonds. The average Bonchev–Trinajstić information content (AvgIpc) is 3.06. The van der Waals surface area contributed by atoms with E-state index in [1.54, 1.807) is 12.1 Å². The zero-order valence-electron chi connectivity index (χ0n) is 10.3. The van der Waals surface area contributed by atoms with Crippen molar-refractivity contribution < 1.29 is 14.7 Å². The molecule has 6 heteroatoms. The maximum Gasteiger partial charge on any atom is 0.307 e. The first-order chi connectivity index (χ1) is 9.04. The van der Waals surface area contributed by atoms with E-state index in [9.17, 15) is 9.59 Å². The highest BCUT2D eigenvalue weighted by molar-refractivity contribution is 5.99. The smallest absolute Gasteiger partial charge is 0.307 e. The fourth-order valence-corrected chi connectivity index (χ4v) is 2.21. The average molecular weight is 259 g/mol. The van der Waals surface area contributed by atoms with Crippen LogP contribution in [0.2, 0.25) is 0 Å². The van der Waals surface area contributed by atoms with Gasteiger partial charge in [-0.2, -0.15) is 0 Å². The summed E-state index contributed by atoms with van der Waals surface area (Å²) in [5, 5.41) is 11.5. The minimum absolute atomic E-state index is 0.233. The number of amides is 1. The van der Waals surface area contributed by atoms with Crippen LogP contribution in [0.1, 0.15) is 12.2 Å². The third-order valence-electron chi connectivity index (χ3n) is 3.31. The monoisotopic (exact) mass is 259 g/mol. The number of nitrogens with zero attached hydrogens (tertiary/aromatic N) is 1. The molecule has 1 heterocycles. The normalized spacial score (nSPS) is 21.3. The molecule has 1 aromatic heterocycles. The number of carboxylic acid groups (broad SMARTS) is 1. The summed E-state index contributed by atoms with van der Waals surface area (Å²) in [6, 6.07) is 5.38. The van der Waals surface area contributed by atoms with Crippen LogP contribution < -0.4 is 5.32 Å². The third-order valence-corrected chi connectivity index (χ3v) is 3.31. The second-order valence-corrected chi connectivity index (χ2v) is 4.83. The Labute approximate surface area is 108 Å². The fourth-order valence-electron chi connectivity index (χ4n) is 2.21. The molecule has 2 aromatic rings. The van der Waals surface area contributed by atoms with Crippen LogP contribution in [-0.4, -0.2) is 27.0 Å². The molecule has 0 saturated heterocycles. The van der Waals surface area contributed by atoms with Crippen molar-refractivity contribution in [3.8, 4) is 0 Å². The van der Waals surface area contributed by atoms with Crippen LogP contribution in [0.3, 0.4) is 0 Å². The third kappa shape index (κ3) is 2.16. The van der Waals surface area contributed by atoms with Gasteiger partial charge in [0.2, 0.25) is 5.91 Å². The predicted octanol–water partition coefficient (Wildman–Crippen LogP) is 1.53. The Hall–Kier alpha value is -2.37. The second kappa shape index (κ2) is 4.08. The van der Waals surface area contributed by atoms with E-state index in [4.69, 9.17) is 5.11 Å². The number of aryl methyl sites for hydroxylation is 1. The Kier molecular flexibility index (Phi) is 2.51. The summed E-state index contributed by atoms with van der Waals surface area (Å²) in [6.07, 6.45) is 0.423. The highest BCUT2D eigenvalue weighted by Gasteiger charge is 2.48. The van der Waals surface area contributed by atoms with E-state index in [-0.39, 0.29) is 5.91 Å². The summed E-state index contributed by atoms with van der Waals surface area (Å²) in [7, 11) is 0. The summed E-state index contributed by atoms with van der Waals surface area (Å²) in [5.74, 6) is -1.26. The maximum atomic E-state index is 11.8. The molecule has 98 valence electrons. The van der Waals surface area contributed by atoms with E-state index in [0.29, 0.717) is 12.1 Å². The van der Waals surface area contributed by atoms with Crippen molar-refractivity contribution in [3.63, 3.8) is 0 Å². The summed E-state index contributed by atoms with van der Waals surface area (Å²) in [4.78, 5) is 29.9. The van der Waals surface area contributed by atoms with Gasteiger partial charge in [-0.25, -0.2) is 4.98 Å². The van der Waals surface area contributed by atoms with E-state index >= 15 is 0 Å². The number of rotatable bonds is 3. The van der Waals surface area contributed by atoms with E-state index in [2.05, 4.69) is 15.3 Å². The molecule has 2 atom stereocenters. The van der Waals surface area contributed by atoms with Gasteiger partial charge in [0.05, 0.1) is 22.9 Å². The molecular formula is C13H13N3O3. The Morgan fingerprint density at radius 3 is 2.89 bits per heavy atom. The van der Waals surface area contributed by atoms with Crippen molar-refractivity contribution in [2.24, 2.45) is 11.8 Å². The number of hydrogen-bond acceptors (Lipinski definition) is 3. The Morgan fingerprint density at radius 1 is 1.42 bits per heavy atom. The van der Waals surface area contributed by atoms with Gasteiger partial charge < -0.3 is 15.4 Å². The molecule has 3 N–H and O–H groups in total. The Morgan fingerprint density at radius 2 is 2.21 bits per heavy atom. The van der Waals surface area contributed by atoms with Crippen LogP contribution in [0.5, 0.6) is 0 Å². The first-order valence-corrected chi connectivity index (χ1v) is 6.04. The number of aromatic nitrogens is 2. The van der Waals surface area contributed by atoms with Gasteiger partial charge in [0, 0.05) is 5.69 Å². The van der Waals surface area contributed by atoms with Crippen molar-refractivity contribution >= 4 is 28.6 Å². The summed E-state index contributed by atoms with van der Waals surface area (Å²) in [6.45, 7) is 1.86. The SMILES string of the molecule is Cc1nc2ccc(NC(=O)[C@@H]3C[C@@H]3C(=O)O)cc2[nH]1. The molecule has 6 nitrogen and oxygen atoms in total. The number of carboxylic acids is 1. The van der Waals surface area contributed by atoms with Crippen LogP contribution in [0.4, 0.5) is 5.69 Å². The van der Waals surface area contributed by atoms with E-state index < -0.39 is 17.8 Å². The van der Waals surface area contributed by atoms with E-state index in [0.717, 1.165) is 16.9 Å². The van der Waals surface area contributed by atoms with E-state index in [1.807, 2.05) is 13.0 Å². The number of aliphatic carboxylic acids is 1. The second-order valence-electron chi connectivity index (χ2n) is 4.83. The zero-order valence-corrected chi connectivity index (χ0v) is 10.3. The lowest BCUT2D eigenvalue weighted by Gasteiger charge is -2.04. The number of nitrogens with one attached hydrogen (secondary N) is 2. The van der Waals surface area contributed by atoms with Crippen molar-refractivity contribution in [2.75, 3.05) is 5.32 Å². The van der Waals surface area contributed by atoms with Crippen LogP contribution in [0.25, 0.3) is 11.0 Å². The van der Waals surface area contributed by atoms with Crippen LogP contribution in [0, 0.1) is 18.8 Å². The standard InChI is InChI=1S/C13H13N3O3/c1-6-14-10-3-2-7(4-11(10)15-6)16-12(17)8-5-9(8)13(18)19/h2-4,8-9H,5H2,1H3,(H,14,15)(H,16,17)(H,18,19)/t8-,9+/m1/s1. The Balaban J connectivity index is 1.75. The number of H-pyrrole nitrogens is 1. The van der Waals surface area contributed by atoms with Gasteiger partial charge in [-0.15, -0.1) is 0 Å². The maximum absolute atomic E-state index is 11.8. The lowest BCUT2D eigenvalue weighted by atomic mass is 10.2. The topological polar surface area (TPSA) is 95.1 Å². The van der Waals surface area contributed by atoms with Gasteiger partial charge >= 0.3 is 5.97 Å². The van der Waals surface area contributed by atoms with Gasteiger partial charge in [0.25, 0.3) is 0 Å². The quantitative estimate of drug-likeness (QED) is 0.779. The minimum atomic E-state index is -0.903. The van der Waals surface area contributed by atoms with Gasteiger partial charge in [-0.05, 0) is 31.5 Å². The number of benzene rings is 1. The number of anilines is 1. The number of imidazole rings is 1. The van der Waals surface area contributed by atoms with Gasteiger partial charge in [0.15, 0.2) is 0 Å². The lowest BCUT2D eigenvalue weighted by molar-refractivity contribution is -0.139. The number of hydrogen-bond donors (Lipinski definition) is 3.